The third kappa shape index (κ3) is 4.50. The number of hydrogen-bond donors (Lipinski definition) is 3. The first kappa shape index (κ1) is 21.6. The van der Waals surface area contributed by atoms with E-state index in [9.17, 15) is 19.4 Å². The number of amidine groups is 1. The highest BCUT2D eigenvalue weighted by Gasteiger charge is 2.54. The summed E-state index contributed by atoms with van der Waals surface area (Å²) in [5, 5.41) is 21.7. The normalized spacial score (nSPS) is 33.6. The molecule has 4 N–H and O–H groups in total. The van der Waals surface area contributed by atoms with Crippen molar-refractivity contribution < 1.29 is 19.4 Å². The van der Waals surface area contributed by atoms with E-state index < -0.39 is 30.1 Å². The molecule has 0 bridgehead atoms. The maximum absolute atomic E-state index is 13.4. The number of nitrogens with two attached hydrogens (primary N) is 1. The molecule has 1 aromatic rings. The van der Waals surface area contributed by atoms with E-state index in [-0.39, 0.29) is 17.5 Å². The molecule has 1 aromatic carbocycles. The van der Waals surface area contributed by atoms with E-state index in [1.54, 1.807) is 12.1 Å². The van der Waals surface area contributed by atoms with E-state index in [1.807, 2.05) is 4.90 Å². The van der Waals surface area contributed by atoms with Gasteiger partial charge in [0.15, 0.2) is 5.17 Å². The Balaban J connectivity index is 1.62. The molecule has 1 heterocycles. The first-order valence-corrected chi connectivity index (χ1v) is 11.7. The molecule has 2 saturated carbocycles. The molecular formula is C22H30FN3O3S. The van der Waals surface area contributed by atoms with Crippen molar-refractivity contribution in [3.63, 3.8) is 0 Å². The van der Waals surface area contributed by atoms with Gasteiger partial charge in [0.05, 0.1) is 18.1 Å². The van der Waals surface area contributed by atoms with E-state index in [0.717, 1.165) is 17.3 Å². The lowest BCUT2D eigenvalue weighted by atomic mass is 9.80. The summed E-state index contributed by atoms with van der Waals surface area (Å²) in [6.45, 7) is 1.15. The monoisotopic (exact) mass is 435 g/mol. The van der Waals surface area contributed by atoms with Gasteiger partial charge in [-0.2, -0.15) is 0 Å². The number of thioether (sulfide) groups is 1. The number of aliphatic hydroxyl groups excluding tert-OH is 2. The van der Waals surface area contributed by atoms with Crippen molar-refractivity contribution in [3.05, 3.63) is 35.6 Å². The van der Waals surface area contributed by atoms with Crippen LogP contribution in [0, 0.1) is 17.7 Å². The van der Waals surface area contributed by atoms with Gasteiger partial charge in [-0.05, 0) is 42.9 Å². The predicted octanol–water partition coefficient (Wildman–Crippen LogP) is 2.28. The van der Waals surface area contributed by atoms with Gasteiger partial charge in [0, 0.05) is 18.3 Å². The highest BCUT2D eigenvalue weighted by Crippen LogP contribution is 2.44. The fraction of sp³-hybridized carbons (Fsp3) is 0.636. The van der Waals surface area contributed by atoms with Crippen LogP contribution >= 0.6 is 11.8 Å². The minimum atomic E-state index is -1.02. The molecule has 30 heavy (non-hydrogen) atoms. The topological polar surface area (TPSA) is 99.2 Å². The summed E-state index contributed by atoms with van der Waals surface area (Å²) in [6.07, 6.45) is 4.26. The number of carbonyl (C=O) groups is 1. The minimum Gasteiger partial charge on any atom is -0.390 e. The van der Waals surface area contributed by atoms with Crippen molar-refractivity contribution in [2.24, 2.45) is 22.6 Å². The summed E-state index contributed by atoms with van der Waals surface area (Å²) in [6, 6.07) is 5.78. The van der Waals surface area contributed by atoms with Crippen LogP contribution in [0.5, 0.6) is 0 Å². The molecule has 8 heteroatoms. The van der Waals surface area contributed by atoms with Crippen LogP contribution in [0.1, 0.15) is 44.1 Å². The lowest BCUT2D eigenvalue weighted by molar-refractivity contribution is -0.128. The molecule has 0 radical (unpaired) electrons. The Kier molecular flexibility index (Phi) is 6.65. The van der Waals surface area contributed by atoms with Crippen molar-refractivity contribution in [2.75, 3.05) is 6.54 Å². The number of primary amides is 1. The van der Waals surface area contributed by atoms with Gasteiger partial charge < -0.3 is 20.8 Å². The van der Waals surface area contributed by atoms with Gasteiger partial charge in [-0.15, -0.1) is 0 Å². The largest absolute Gasteiger partial charge is 0.390 e. The van der Waals surface area contributed by atoms with E-state index in [2.05, 4.69) is 0 Å². The van der Waals surface area contributed by atoms with Crippen LogP contribution in [-0.4, -0.2) is 56.2 Å². The van der Waals surface area contributed by atoms with Crippen molar-refractivity contribution in [1.82, 2.24) is 4.90 Å². The lowest BCUT2D eigenvalue weighted by Crippen LogP contribution is -2.58. The molecule has 1 amide bonds. The van der Waals surface area contributed by atoms with Crippen LogP contribution in [0.15, 0.2) is 29.3 Å². The SMILES string of the molecule is NC(=O)C1CC(O)C(O)C2C1SC(=NCC1CCCCC1)N2Cc1ccc(F)cc1. The molecule has 1 aliphatic heterocycles. The number of fused-ring (bicyclic) bond motifs is 1. The number of amides is 1. The summed E-state index contributed by atoms with van der Waals surface area (Å²) >= 11 is 1.49. The Morgan fingerprint density at radius 3 is 2.57 bits per heavy atom. The first-order valence-electron chi connectivity index (χ1n) is 10.8. The Morgan fingerprint density at radius 2 is 1.90 bits per heavy atom. The zero-order valence-electron chi connectivity index (χ0n) is 17.0. The summed E-state index contributed by atoms with van der Waals surface area (Å²) < 4.78 is 13.4. The number of aliphatic imine (C=N–C) groups is 1. The van der Waals surface area contributed by atoms with Gasteiger partial charge in [0.2, 0.25) is 5.91 Å². The number of rotatable bonds is 5. The van der Waals surface area contributed by atoms with Crippen LogP contribution < -0.4 is 5.73 Å². The summed E-state index contributed by atoms with van der Waals surface area (Å²) in [7, 11) is 0. The van der Waals surface area contributed by atoms with Gasteiger partial charge >= 0.3 is 0 Å². The van der Waals surface area contributed by atoms with Crippen LogP contribution in [-0.2, 0) is 11.3 Å². The summed E-state index contributed by atoms with van der Waals surface area (Å²) in [5.41, 5.74) is 6.52. The molecule has 5 atom stereocenters. The third-order valence-electron chi connectivity index (χ3n) is 6.66. The quantitative estimate of drug-likeness (QED) is 0.659. The molecule has 164 valence electrons. The fourth-order valence-electron chi connectivity index (χ4n) is 4.97. The van der Waals surface area contributed by atoms with E-state index in [4.69, 9.17) is 10.7 Å². The number of hydrogen-bond acceptors (Lipinski definition) is 5. The molecule has 0 aromatic heterocycles. The molecule has 3 fully saturated rings. The molecule has 5 unspecified atom stereocenters. The van der Waals surface area contributed by atoms with Crippen LogP contribution in [0.4, 0.5) is 4.39 Å². The Hall–Kier alpha value is -1.64. The predicted molar refractivity (Wildman–Crippen MR) is 115 cm³/mol. The number of aliphatic hydroxyl groups is 2. The van der Waals surface area contributed by atoms with E-state index in [0.29, 0.717) is 12.5 Å². The first-order chi connectivity index (χ1) is 14.4. The van der Waals surface area contributed by atoms with Gasteiger partial charge in [0.25, 0.3) is 0 Å². The van der Waals surface area contributed by atoms with Gasteiger partial charge in [0.1, 0.15) is 11.9 Å². The van der Waals surface area contributed by atoms with Crippen molar-refractivity contribution in [3.8, 4) is 0 Å². The second-order valence-electron chi connectivity index (χ2n) is 8.76. The Bertz CT molecular complexity index is 784. The molecule has 4 rings (SSSR count). The Labute approximate surface area is 180 Å². The van der Waals surface area contributed by atoms with Crippen molar-refractivity contribution in [2.45, 2.75) is 68.6 Å². The van der Waals surface area contributed by atoms with Gasteiger partial charge in [-0.25, -0.2) is 4.39 Å². The third-order valence-corrected chi connectivity index (χ3v) is 8.11. The van der Waals surface area contributed by atoms with E-state index in [1.165, 1.54) is 56.0 Å². The average molecular weight is 436 g/mol. The zero-order valence-corrected chi connectivity index (χ0v) is 17.8. The highest BCUT2D eigenvalue weighted by atomic mass is 32.2. The molecule has 1 saturated heterocycles. The molecular weight excluding hydrogens is 405 g/mol. The number of halogens is 1. The lowest BCUT2D eigenvalue weighted by Gasteiger charge is -2.41. The Morgan fingerprint density at radius 1 is 1.20 bits per heavy atom. The molecule has 3 aliphatic rings. The highest BCUT2D eigenvalue weighted by molar-refractivity contribution is 8.14. The zero-order chi connectivity index (χ0) is 21.3. The van der Waals surface area contributed by atoms with Gasteiger partial charge in [-0.1, -0.05) is 43.2 Å². The second kappa shape index (κ2) is 9.24. The van der Waals surface area contributed by atoms with E-state index >= 15 is 0 Å². The number of nitrogens with zero attached hydrogens (tertiary/aromatic N) is 2. The number of benzene rings is 1. The van der Waals surface area contributed by atoms with Crippen LogP contribution in [0.3, 0.4) is 0 Å². The standard InChI is InChI=1S/C22H30FN3O3S/c23-15-8-6-14(7-9-15)12-26-18-19(28)17(27)10-16(21(24)29)20(18)30-22(26)25-11-13-4-2-1-3-5-13/h6-9,13,16-20,27-28H,1-5,10-12H2,(H2,24,29). The molecule has 6 nitrogen and oxygen atoms in total. The summed E-state index contributed by atoms with van der Waals surface area (Å²) in [4.78, 5) is 19.0. The summed E-state index contributed by atoms with van der Waals surface area (Å²) in [5.74, 6) is -0.736. The smallest absolute Gasteiger partial charge is 0.221 e. The maximum atomic E-state index is 13.4. The number of carbonyl (C=O) groups excluding carboxylic acids is 1. The molecule has 2 aliphatic carbocycles. The van der Waals surface area contributed by atoms with Gasteiger partial charge in [-0.3, -0.25) is 9.79 Å². The second-order valence-corrected chi connectivity index (χ2v) is 9.90. The van der Waals surface area contributed by atoms with Crippen molar-refractivity contribution >= 4 is 22.8 Å². The van der Waals surface area contributed by atoms with Crippen LogP contribution in [0.25, 0.3) is 0 Å². The fourth-order valence-corrected chi connectivity index (χ4v) is 6.54. The molecule has 0 spiro atoms. The maximum Gasteiger partial charge on any atom is 0.221 e. The van der Waals surface area contributed by atoms with Crippen LogP contribution in [0.2, 0.25) is 0 Å². The van der Waals surface area contributed by atoms with Crippen molar-refractivity contribution in [1.29, 1.82) is 0 Å². The minimum absolute atomic E-state index is 0.158. The average Bonchev–Trinajstić information content (AvgIpc) is 3.09.